The summed E-state index contributed by atoms with van der Waals surface area (Å²) < 4.78 is 37.3. The Kier molecular flexibility index (Phi) is 8.41. The Morgan fingerprint density at radius 1 is 1.33 bits per heavy atom. The molecule has 0 spiro atoms. The van der Waals surface area contributed by atoms with Crippen LogP contribution in [0, 0.1) is 12.8 Å². The number of alkyl halides is 3. The third kappa shape index (κ3) is 8.51. The van der Waals surface area contributed by atoms with E-state index >= 15 is 0 Å². The fourth-order valence-corrected chi connectivity index (χ4v) is 4.48. The van der Waals surface area contributed by atoms with E-state index in [9.17, 15) is 13.2 Å². The number of halogens is 3. The van der Waals surface area contributed by atoms with Crippen molar-refractivity contribution in [2.75, 3.05) is 33.2 Å². The van der Waals surface area contributed by atoms with Crippen LogP contribution in [0.1, 0.15) is 35.9 Å². The number of guanidine groups is 1. The SMILES string of the molecule is CN=C(NCCC1CCN(CC(F)(F)F)CC1)NC(C)Cc1ccc(C)s1. The van der Waals surface area contributed by atoms with Crippen LogP contribution in [-0.4, -0.2) is 56.3 Å². The second-order valence-electron chi connectivity index (χ2n) is 7.38. The molecule has 2 N–H and O–H groups in total. The highest BCUT2D eigenvalue weighted by Gasteiger charge is 2.32. The highest BCUT2D eigenvalue weighted by molar-refractivity contribution is 7.11. The van der Waals surface area contributed by atoms with Gasteiger partial charge in [0.2, 0.25) is 0 Å². The summed E-state index contributed by atoms with van der Waals surface area (Å²) in [5.41, 5.74) is 0. The molecule has 0 aromatic carbocycles. The zero-order chi connectivity index (χ0) is 19.9. The van der Waals surface area contributed by atoms with Crippen LogP contribution in [0.3, 0.4) is 0 Å². The predicted octanol–water partition coefficient (Wildman–Crippen LogP) is 3.82. The summed E-state index contributed by atoms with van der Waals surface area (Å²) in [4.78, 5) is 8.46. The van der Waals surface area contributed by atoms with Crippen LogP contribution in [0.15, 0.2) is 17.1 Å². The lowest BCUT2D eigenvalue weighted by Gasteiger charge is -2.32. The molecule has 1 atom stereocenters. The normalized spacial score (nSPS) is 18.5. The molecule has 8 heteroatoms. The van der Waals surface area contributed by atoms with Gasteiger partial charge in [-0.05, 0) is 64.3 Å². The fourth-order valence-electron chi connectivity index (χ4n) is 3.46. The number of nitrogens with one attached hydrogen (secondary N) is 2. The van der Waals surface area contributed by atoms with Gasteiger partial charge >= 0.3 is 6.18 Å². The molecular weight excluding hydrogens is 373 g/mol. The first-order valence-electron chi connectivity index (χ1n) is 9.57. The maximum atomic E-state index is 12.4. The Hall–Kier alpha value is -1.28. The lowest BCUT2D eigenvalue weighted by Crippen LogP contribution is -2.44. The minimum Gasteiger partial charge on any atom is -0.356 e. The van der Waals surface area contributed by atoms with E-state index in [0.29, 0.717) is 19.0 Å². The molecule has 1 aliphatic heterocycles. The van der Waals surface area contributed by atoms with Crippen LogP contribution in [0.5, 0.6) is 0 Å². The Morgan fingerprint density at radius 3 is 2.59 bits per heavy atom. The number of aliphatic imine (C=N–C) groups is 1. The van der Waals surface area contributed by atoms with E-state index in [2.05, 4.69) is 41.6 Å². The van der Waals surface area contributed by atoms with Crippen LogP contribution < -0.4 is 10.6 Å². The van der Waals surface area contributed by atoms with Crippen molar-refractivity contribution < 1.29 is 13.2 Å². The largest absolute Gasteiger partial charge is 0.401 e. The highest BCUT2D eigenvalue weighted by atomic mass is 32.1. The molecule has 1 aromatic heterocycles. The molecular formula is C19H31F3N4S. The molecule has 2 rings (SSSR count). The minimum absolute atomic E-state index is 0.278. The standard InChI is InChI=1S/C19H31F3N4S/c1-14(12-17-5-4-15(2)27-17)25-18(23-3)24-9-6-16-7-10-26(11-8-16)13-19(20,21)22/h4-5,14,16H,6-13H2,1-3H3,(H2,23,24,25). The molecule has 4 nitrogen and oxygen atoms in total. The minimum atomic E-state index is -4.09. The van der Waals surface area contributed by atoms with E-state index in [1.165, 1.54) is 14.7 Å². The van der Waals surface area contributed by atoms with Crippen molar-refractivity contribution in [3.63, 3.8) is 0 Å². The Balaban J connectivity index is 1.63. The monoisotopic (exact) mass is 404 g/mol. The number of rotatable bonds is 7. The lowest BCUT2D eigenvalue weighted by molar-refractivity contribution is -0.148. The van der Waals surface area contributed by atoms with Gasteiger partial charge in [0.25, 0.3) is 0 Å². The predicted molar refractivity (Wildman–Crippen MR) is 107 cm³/mol. The fraction of sp³-hybridized carbons (Fsp3) is 0.737. The van der Waals surface area contributed by atoms with E-state index in [1.807, 2.05) is 11.3 Å². The van der Waals surface area contributed by atoms with Crippen molar-refractivity contribution in [2.24, 2.45) is 10.9 Å². The number of piperidine rings is 1. The molecule has 0 radical (unpaired) electrons. The first-order chi connectivity index (χ1) is 12.7. The molecule has 1 unspecified atom stereocenters. The van der Waals surface area contributed by atoms with Crippen molar-refractivity contribution >= 4 is 17.3 Å². The highest BCUT2D eigenvalue weighted by Crippen LogP contribution is 2.24. The first kappa shape index (κ1) is 22.0. The second-order valence-corrected chi connectivity index (χ2v) is 8.76. The average molecular weight is 405 g/mol. The summed E-state index contributed by atoms with van der Waals surface area (Å²) in [5, 5.41) is 6.74. The zero-order valence-corrected chi connectivity index (χ0v) is 17.2. The molecule has 0 aliphatic carbocycles. The number of likely N-dealkylation sites (tertiary alicyclic amines) is 1. The van der Waals surface area contributed by atoms with Gasteiger partial charge in [0.1, 0.15) is 0 Å². The molecule has 1 saturated heterocycles. The Bertz CT molecular complexity index is 592. The molecule has 1 aliphatic rings. The number of hydrogen-bond donors (Lipinski definition) is 2. The van der Waals surface area contributed by atoms with Crippen molar-refractivity contribution in [2.45, 2.75) is 51.7 Å². The van der Waals surface area contributed by atoms with Crippen molar-refractivity contribution in [3.05, 3.63) is 21.9 Å². The number of aryl methyl sites for hydroxylation is 1. The zero-order valence-electron chi connectivity index (χ0n) is 16.4. The van der Waals surface area contributed by atoms with Crippen LogP contribution in [0.25, 0.3) is 0 Å². The third-order valence-electron chi connectivity index (χ3n) is 4.87. The van der Waals surface area contributed by atoms with Gasteiger partial charge in [0, 0.05) is 35.8 Å². The van der Waals surface area contributed by atoms with E-state index < -0.39 is 12.7 Å². The summed E-state index contributed by atoms with van der Waals surface area (Å²) in [5.74, 6) is 1.26. The van der Waals surface area contributed by atoms with Gasteiger partial charge in [0.15, 0.2) is 5.96 Å². The van der Waals surface area contributed by atoms with Crippen molar-refractivity contribution in [3.8, 4) is 0 Å². The molecule has 2 heterocycles. The summed E-state index contributed by atoms with van der Waals surface area (Å²) >= 11 is 1.82. The second kappa shape index (κ2) is 10.3. The van der Waals surface area contributed by atoms with Crippen LogP contribution in [0.2, 0.25) is 0 Å². The van der Waals surface area contributed by atoms with E-state index in [4.69, 9.17) is 0 Å². The van der Waals surface area contributed by atoms with Gasteiger partial charge in [-0.3, -0.25) is 9.89 Å². The molecule has 0 bridgehead atoms. The van der Waals surface area contributed by atoms with Crippen LogP contribution in [-0.2, 0) is 6.42 Å². The molecule has 1 fully saturated rings. The Labute approximate surface area is 164 Å². The van der Waals surface area contributed by atoms with Gasteiger partial charge in [-0.15, -0.1) is 11.3 Å². The number of nitrogens with zero attached hydrogens (tertiary/aromatic N) is 2. The third-order valence-corrected chi connectivity index (χ3v) is 5.89. The van der Waals surface area contributed by atoms with Crippen molar-refractivity contribution in [1.29, 1.82) is 0 Å². The van der Waals surface area contributed by atoms with E-state index in [1.54, 1.807) is 7.05 Å². The van der Waals surface area contributed by atoms with E-state index in [0.717, 1.165) is 38.2 Å². The number of hydrogen-bond acceptors (Lipinski definition) is 3. The van der Waals surface area contributed by atoms with Gasteiger partial charge in [-0.1, -0.05) is 0 Å². The molecule has 0 saturated carbocycles. The van der Waals surface area contributed by atoms with Gasteiger partial charge in [-0.2, -0.15) is 13.2 Å². The van der Waals surface area contributed by atoms with E-state index in [-0.39, 0.29) is 6.04 Å². The summed E-state index contributed by atoms with van der Waals surface area (Å²) in [7, 11) is 1.76. The van der Waals surface area contributed by atoms with Crippen molar-refractivity contribution in [1.82, 2.24) is 15.5 Å². The van der Waals surface area contributed by atoms with Gasteiger partial charge in [-0.25, -0.2) is 0 Å². The summed E-state index contributed by atoms with van der Waals surface area (Å²) in [6.45, 7) is 5.33. The van der Waals surface area contributed by atoms with Gasteiger partial charge in [0.05, 0.1) is 6.54 Å². The molecule has 27 heavy (non-hydrogen) atoms. The van der Waals surface area contributed by atoms with Gasteiger partial charge < -0.3 is 10.6 Å². The molecule has 0 amide bonds. The Morgan fingerprint density at radius 2 is 2.04 bits per heavy atom. The maximum absolute atomic E-state index is 12.4. The molecule has 1 aromatic rings. The molecule has 154 valence electrons. The summed E-state index contributed by atoms with van der Waals surface area (Å²) in [6.07, 6.45) is -0.517. The quantitative estimate of drug-likeness (QED) is 0.536. The number of thiophene rings is 1. The smallest absolute Gasteiger partial charge is 0.356 e. The first-order valence-corrected chi connectivity index (χ1v) is 10.4. The lowest BCUT2D eigenvalue weighted by atomic mass is 9.93. The average Bonchev–Trinajstić information content (AvgIpc) is 2.99. The topological polar surface area (TPSA) is 39.7 Å². The van der Waals surface area contributed by atoms with Crippen LogP contribution in [0.4, 0.5) is 13.2 Å². The van der Waals surface area contributed by atoms with Crippen LogP contribution >= 0.6 is 11.3 Å². The summed E-state index contributed by atoms with van der Waals surface area (Å²) in [6, 6.07) is 4.58. The maximum Gasteiger partial charge on any atom is 0.401 e.